The van der Waals surface area contributed by atoms with Gasteiger partial charge in [0, 0.05) is 12.0 Å². The number of unbranched alkanes of at least 4 members (excludes halogenated alkanes) is 6. The van der Waals surface area contributed by atoms with Gasteiger partial charge in [-0.05, 0) is 20.3 Å². The van der Waals surface area contributed by atoms with Crippen LogP contribution in [0.5, 0.6) is 5.95 Å². The molecule has 1 heterocycles. The minimum atomic E-state index is -0.175. The van der Waals surface area contributed by atoms with Crippen LogP contribution in [0.25, 0.3) is 0 Å². The second-order valence-electron chi connectivity index (χ2n) is 5.80. The van der Waals surface area contributed by atoms with Crippen LogP contribution < -0.4 is 10.2 Å². The minimum Gasteiger partial charge on any atom is -0.468 e. The molecule has 0 atom stereocenters. The first-order valence-corrected chi connectivity index (χ1v) is 8.24. The molecule has 1 aromatic rings. The zero-order valence-electron chi connectivity index (χ0n) is 14.3. The summed E-state index contributed by atoms with van der Waals surface area (Å²) >= 11 is 0. The SMILES string of the molecule is CCCCCCCCCC(=O)c1oc(OC)c(C)c(=O)c1C. The zero-order chi connectivity index (χ0) is 16.5. The fourth-order valence-corrected chi connectivity index (χ4v) is 2.54. The molecular weight excluding hydrogens is 280 g/mol. The molecule has 0 aliphatic rings. The van der Waals surface area contributed by atoms with Crippen molar-refractivity contribution in [2.75, 3.05) is 7.11 Å². The van der Waals surface area contributed by atoms with E-state index in [1.165, 1.54) is 32.8 Å². The van der Waals surface area contributed by atoms with E-state index in [0.29, 0.717) is 17.5 Å². The normalized spacial score (nSPS) is 10.7. The number of carbonyl (C=O) groups excluding carboxylic acids is 1. The lowest BCUT2D eigenvalue weighted by molar-refractivity contribution is 0.0940. The lowest BCUT2D eigenvalue weighted by Crippen LogP contribution is -2.16. The number of ketones is 1. The van der Waals surface area contributed by atoms with E-state index in [1.807, 2.05) is 0 Å². The number of carbonyl (C=O) groups is 1. The lowest BCUT2D eigenvalue weighted by Gasteiger charge is -2.08. The number of rotatable bonds is 10. The number of ether oxygens (including phenoxy) is 1. The van der Waals surface area contributed by atoms with Gasteiger partial charge >= 0.3 is 0 Å². The molecule has 0 N–H and O–H groups in total. The van der Waals surface area contributed by atoms with Crippen molar-refractivity contribution in [1.29, 1.82) is 0 Å². The van der Waals surface area contributed by atoms with E-state index >= 15 is 0 Å². The molecule has 4 heteroatoms. The van der Waals surface area contributed by atoms with Crippen molar-refractivity contribution in [3.05, 3.63) is 27.1 Å². The van der Waals surface area contributed by atoms with E-state index in [9.17, 15) is 9.59 Å². The van der Waals surface area contributed by atoms with Gasteiger partial charge in [0.05, 0.1) is 12.7 Å². The average Bonchev–Trinajstić information content (AvgIpc) is 2.52. The Hall–Kier alpha value is -1.58. The molecule has 0 aliphatic heterocycles. The molecular formula is C18H28O4. The highest BCUT2D eigenvalue weighted by Gasteiger charge is 2.19. The maximum Gasteiger partial charge on any atom is 0.291 e. The van der Waals surface area contributed by atoms with Crippen molar-refractivity contribution in [3.63, 3.8) is 0 Å². The molecule has 124 valence electrons. The summed E-state index contributed by atoms with van der Waals surface area (Å²) in [7, 11) is 1.44. The predicted octanol–water partition coefficient (Wildman–Crippen LogP) is 4.59. The van der Waals surface area contributed by atoms with Gasteiger partial charge in [-0.25, -0.2) is 0 Å². The Kier molecular flexibility index (Phi) is 7.92. The van der Waals surface area contributed by atoms with Gasteiger partial charge in [0.15, 0.2) is 17.0 Å². The average molecular weight is 308 g/mol. The zero-order valence-corrected chi connectivity index (χ0v) is 14.3. The fraction of sp³-hybridized carbons (Fsp3) is 0.667. The first-order valence-electron chi connectivity index (χ1n) is 8.24. The summed E-state index contributed by atoms with van der Waals surface area (Å²) < 4.78 is 10.5. The Labute approximate surface area is 132 Å². The van der Waals surface area contributed by atoms with E-state index in [2.05, 4.69) is 6.92 Å². The van der Waals surface area contributed by atoms with Crippen molar-refractivity contribution in [2.45, 2.75) is 72.1 Å². The van der Waals surface area contributed by atoms with Crippen LogP contribution in [0.1, 0.15) is 80.0 Å². The molecule has 1 aromatic heterocycles. The second kappa shape index (κ2) is 9.44. The second-order valence-corrected chi connectivity index (χ2v) is 5.80. The smallest absolute Gasteiger partial charge is 0.291 e. The molecule has 1 rings (SSSR count). The van der Waals surface area contributed by atoms with Gasteiger partial charge in [-0.1, -0.05) is 45.4 Å². The van der Waals surface area contributed by atoms with Gasteiger partial charge in [-0.2, -0.15) is 0 Å². The van der Waals surface area contributed by atoms with E-state index in [4.69, 9.17) is 9.15 Å². The summed E-state index contributed by atoms with van der Waals surface area (Å²) in [5.41, 5.74) is 0.615. The van der Waals surface area contributed by atoms with E-state index in [-0.39, 0.29) is 22.9 Å². The fourth-order valence-electron chi connectivity index (χ4n) is 2.54. The first-order chi connectivity index (χ1) is 10.5. The van der Waals surface area contributed by atoms with Gasteiger partial charge in [0.1, 0.15) is 0 Å². The molecule has 0 spiro atoms. The molecule has 0 saturated heterocycles. The highest BCUT2D eigenvalue weighted by Crippen LogP contribution is 2.20. The van der Waals surface area contributed by atoms with Crippen molar-refractivity contribution in [2.24, 2.45) is 0 Å². The maximum atomic E-state index is 12.2. The van der Waals surface area contributed by atoms with E-state index < -0.39 is 0 Å². The predicted molar refractivity (Wildman–Crippen MR) is 87.9 cm³/mol. The summed E-state index contributed by atoms with van der Waals surface area (Å²) in [4.78, 5) is 24.3. The number of hydrogen-bond donors (Lipinski definition) is 0. The Bertz CT molecular complexity index is 543. The lowest BCUT2D eigenvalue weighted by atomic mass is 10.0. The topological polar surface area (TPSA) is 56.5 Å². The van der Waals surface area contributed by atoms with Gasteiger partial charge in [-0.15, -0.1) is 0 Å². The number of Topliss-reactive ketones (excluding diaryl/α,β-unsaturated/α-hetero) is 1. The largest absolute Gasteiger partial charge is 0.468 e. The van der Waals surface area contributed by atoms with Crippen molar-refractivity contribution >= 4 is 5.78 Å². The molecule has 0 unspecified atom stereocenters. The van der Waals surface area contributed by atoms with Crippen LogP contribution in [0, 0.1) is 13.8 Å². The van der Waals surface area contributed by atoms with Gasteiger partial charge in [-0.3, -0.25) is 9.59 Å². The van der Waals surface area contributed by atoms with Crippen molar-refractivity contribution in [1.82, 2.24) is 0 Å². The highest BCUT2D eigenvalue weighted by atomic mass is 16.6. The highest BCUT2D eigenvalue weighted by molar-refractivity contribution is 5.94. The third-order valence-electron chi connectivity index (χ3n) is 3.97. The third-order valence-corrected chi connectivity index (χ3v) is 3.97. The summed E-state index contributed by atoms with van der Waals surface area (Å²) in [6.45, 7) is 5.48. The van der Waals surface area contributed by atoms with Gasteiger partial charge in [0.25, 0.3) is 5.95 Å². The Morgan fingerprint density at radius 3 is 2.18 bits per heavy atom. The molecule has 0 saturated carbocycles. The van der Waals surface area contributed by atoms with E-state index in [0.717, 1.165) is 19.3 Å². The van der Waals surface area contributed by atoms with Crippen molar-refractivity contribution < 1.29 is 13.9 Å². The summed E-state index contributed by atoms with van der Waals surface area (Å²) in [5.74, 6) is 0.179. The summed E-state index contributed by atoms with van der Waals surface area (Å²) in [6, 6.07) is 0. The Balaban J connectivity index is 2.56. The molecule has 22 heavy (non-hydrogen) atoms. The number of hydrogen-bond acceptors (Lipinski definition) is 4. The first kappa shape index (κ1) is 18.5. The molecule has 0 bridgehead atoms. The van der Waals surface area contributed by atoms with Crippen LogP contribution in [-0.4, -0.2) is 12.9 Å². The Morgan fingerprint density at radius 1 is 1.00 bits per heavy atom. The van der Waals surface area contributed by atoms with Crippen LogP contribution in [0.15, 0.2) is 9.21 Å². The van der Waals surface area contributed by atoms with Crippen LogP contribution >= 0.6 is 0 Å². The van der Waals surface area contributed by atoms with Crippen LogP contribution in [0.2, 0.25) is 0 Å². The summed E-state index contributed by atoms with van der Waals surface area (Å²) in [6.07, 6.45) is 8.49. The third kappa shape index (κ3) is 5.00. The van der Waals surface area contributed by atoms with Crippen LogP contribution in [0.3, 0.4) is 0 Å². The maximum absolute atomic E-state index is 12.2. The standard InChI is InChI=1S/C18H28O4/c1-5-6-7-8-9-10-11-12-15(19)17-13(2)16(20)14(3)18(21-4)22-17/h5-12H2,1-4H3. The molecule has 0 aliphatic carbocycles. The molecule has 0 aromatic carbocycles. The van der Waals surface area contributed by atoms with Crippen LogP contribution in [-0.2, 0) is 0 Å². The number of methoxy groups -OCH3 is 1. The van der Waals surface area contributed by atoms with Crippen molar-refractivity contribution in [3.8, 4) is 5.95 Å². The monoisotopic (exact) mass is 308 g/mol. The molecule has 0 fully saturated rings. The quantitative estimate of drug-likeness (QED) is 0.468. The summed E-state index contributed by atoms with van der Waals surface area (Å²) in [5, 5.41) is 0. The molecule has 4 nitrogen and oxygen atoms in total. The molecule has 0 amide bonds. The minimum absolute atomic E-state index is 0.110. The van der Waals surface area contributed by atoms with Gasteiger partial charge in [0.2, 0.25) is 0 Å². The van der Waals surface area contributed by atoms with Crippen LogP contribution in [0.4, 0.5) is 0 Å². The van der Waals surface area contributed by atoms with E-state index in [1.54, 1.807) is 13.8 Å². The Morgan fingerprint density at radius 2 is 1.59 bits per heavy atom. The molecule has 0 radical (unpaired) electrons. The van der Waals surface area contributed by atoms with Gasteiger partial charge < -0.3 is 9.15 Å².